The lowest BCUT2D eigenvalue weighted by Crippen LogP contribution is -2.36. The molecular formula is C17H24FN5O2. The predicted molar refractivity (Wildman–Crippen MR) is 90.2 cm³/mol. The molecule has 1 aromatic carbocycles. The van der Waals surface area contributed by atoms with E-state index in [9.17, 15) is 14.3 Å². The Morgan fingerprint density at radius 3 is 2.76 bits per heavy atom. The van der Waals surface area contributed by atoms with Crippen LogP contribution in [0.25, 0.3) is 0 Å². The fourth-order valence-corrected chi connectivity index (χ4v) is 2.50. The van der Waals surface area contributed by atoms with Crippen LogP contribution < -0.4 is 5.32 Å². The Bertz CT molecular complexity index is 704. The summed E-state index contributed by atoms with van der Waals surface area (Å²) in [7, 11) is 0. The molecule has 0 radical (unpaired) electrons. The minimum absolute atomic E-state index is 0.127. The van der Waals surface area contributed by atoms with Crippen molar-refractivity contribution < 1.29 is 14.3 Å². The van der Waals surface area contributed by atoms with Gasteiger partial charge in [0.05, 0.1) is 6.10 Å². The third-order valence-corrected chi connectivity index (χ3v) is 4.08. The fourth-order valence-electron chi connectivity index (χ4n) is 2.50. The van der Waals surface area contributed by atoms with Crippen LogP contribution in [0.1, 0.15) is 37.7 Å². The van der Waals surface area contributed by atoms with Crippen LogP contribution in [0.5, 0.6) is 0 Å². The quantitative estimate of drug-likeness (QED) is 0.752. The van der Waals surface area contributed by atoms with Gasteiger partial charge in [-0.2, -0.15) is 0 Å². The number of hydrogen-bond acceptors (Lipinski definition) is 5. The topological polar surface area (TPSA) is 92.9 Å². The molecule has 2 unspecified atom stereocenters. The third kappa shape index (κ3) is 5.32. The van der Waals surface area contributed by atoms with Gasteiger partial charge in [-0.3, -0.25) is 4.79 Å². The van der Waals surface area contributed by atoms with Crippen molar-refractivity contribution in [3.63, 3.8) is 0 Å². The first-order valence-corrected chi connectivity index (χ1v) is 8.33. The number of hydrogen-bond donors (Lipinski definition) is 2. The number of aryl methyl sites for hydroxylation is 1. The first kappa shape index (κ1) is 19.0. The number of carbonyl (C=O) groups excluding carboxylic acids is 1. The average molecular weight is 349 g/mol. The van der Waals surface area contributed by atoms with Gasteiger partial charge in [0, 0.05) is 13.0 Å². The summed E-state index contributed by atoms with van der Waals surface area (Å²) in [6, 6.07) is 5.42. The molecule has 2 atom stereocenters. The second kappa shape index (κ2) is 8.66. The van der Waals surface area contributed by atoms with Crippen molar-refractivity contribution in [1.82, 2.24) is 25.5 Å². The lowest BCUT2D eigenvalue weighted by Gasteiger charge is -2.19. The lowest BCUT2D eigenvalue weighted by atomic mass is 10.0. The van der Waals surface area contributed by atoms with E-state index in [1.807, 2.05) is 13.8 Å². The third-order valence-electron chi connectivity index (χ3n) is 4.08. The molecule has 1 amide bonds. The molecule has 0 saturated carbocycles. The molecule has 0 aliphatic heterocycles. The molecular weight excluding hydrogens is 325 g/mol. The van der Waals surface area contributed by atoms with Crippen LogP contribution in [-0.2, 0) is 11.2 Å². The minimum Gasteiger partial charge on any atom is -0.393 e. The summed E-state index contributed by atoms with van der Waals surface area (Å²) in [4.78, 5) is 12.6. The van der Waals surface area contributed by atoms with Crippen LogP contribution in [0.15, 0.2) is 24.3 Å². The van der Waals surface area contributed by atoms with Crippen LogP contribution in [-0.4, -0.2) is 43.9 Å². The largest absolute Gasteiger partial charge is 0.393 e. The Hall–Kier alpha value is -2.35. The monoisotopic (exact) mass is 349 g/mol. The van der Waals surface area contributed by atoms with Gasteiger partial charge in [0.15, 0.2) is 0 Å². The number of carbonyl (C=O) groups is 1. The van der Waals surface area contributed by atoms with Crippen molar-refractivity contribution in [3.05, 3.63) is 41.5 Å². The fraction of sp³-hybridized carbons (Fsp3) is 0.529. The number of aromatic nitrogens is 4. The summed E-state index contributed by atoms with van der Waals surface area (Å²) in [5.74, 6) is 0.00119. The van der Waals surface area contributed by atoms with Gasteiger partial charge < -0.3 is 10.4 Å². The van der Waals surface area contributed by atoms with Crippen LogP contribution in [0.2, 0.25) is 0 Å². The van der Waals surface area contributed by atoms with Crippen molar-refractivity contribution in [2.24, 2.45) is 5.92 Å². The van der Waals surface area contributed by atoms with Crippen molar-refractivity contribution >= 4 is 5.91 Å². The van der Waals surface area contributed by atoms with Crippen LogP contribution in [0.3, 0.4) is 0 Å². The van der Waals surface area contributed by atoms with E-state index in [1.54, 1.807) is 19.1 Å². The van der Waals surface area contributed by atoms with Crippen LogP contribution in [0.4, 0.5) is 4.39 Å². The number of rotatable bonds is 8. The zero-order valence-corrected chi connectivity index (χ0v) is 14.7. The van der Waals surface area contributed by atoms with Crippen molar-refractivity contribution in [2.75, 3.05) is 6.54 Å². The summed E-state index contributed by atoms with van der Waals surface area (Å²) < 4.78 is 14.9. The van der Waals surface area contributed by atoms with Crippen LogP contribution in [0, 0.1) is 18.7 Å². The summed E-state index contributed by atoms with van der Waals surface area (Å²) in [5, 5.41) is 23.9. The first-order valence-electron chi connectivity index (χ1n) is 8.33. The molecule has 136 valence electrons. The molecule has 0 aliphatic rings. The normalized spacial score (nSPS) is 13.7. The number of amides is 1. The Morgan fingerprint density at radius 2 is 2.16 bits per heavy atom. The Kier molecular flexibility index (Phi) is 6.58. The number of aliphatic hydroxyl groups excluding tert-OH is 1. The van der Waals surface area contributed by atoms with Gasteiger partial charge in [0.1, 0.15) is 17.7 Å². The Morgan fingerprint density at radius 1 is 1.40 bits per heavy atom. The molecule has 0 saturated heterocycles. The lowest BCUT2D eigenvalue weighted by molar-refractivity contribution is -0.124. The highest BCUT2D eigenvalue weighted by molar-refractivity contribution is 5.80. The summed E-state index contributed by atoms with van der Waals surface area (Å²) >= 11 is 0. The first-order chi connectivity index (χ1) is 11.9. The van der Waals surface area contributed by atoms with E-state index < -0.39 is 12.1 Å². The van der Waals surface area contributed by atoms with Crippen molar-refractivity contribution in [3.8, 4) is 0 Å². The van der Waals surface area contributed by atoms with E-state index in [0.717, 1.165) is 0 Å². The standard InChI is InChI=1S/C17H24FN5O2/c1-11(2)16(24)7-8-19-17(25)15(23-12(3)20-21-22-23)10-13-5-4-6-14(18)9-13/h4-6,9,11,15-16,24H,7-8,10H2,1-3H3,(H,19,25). The maximum Gasteiger partial charge on any atom is 0.245 e. The minimum atomic E-state index is -0.687. The number of nitrogens with zero attached hydrogens (tertiary/aromatic N) is 4. The van der Waals surface area contributed by atoms with Gasteiger partial charge in [0.2, 0.25) is 5.91 Å². The number of benzene rings is 1. The maximum atomic E-state index is 13.4. The van der Waals surface area contributed by atoms with Crippen molar-refractivity contribution in [1.29, 1.82) is 0 Å². The van der Waals surface area contributed by atoms with Gasteiger partial charge in [-0.25, -0.2) is 9.07 Å². The number of nitrogens with one attached hydrogen (secondary N) is 1. The van der Waals surface area contributed by atoms with Gasteiger partial charge in [-0.15, -0.1) is 5.10 Å². The molecule has 2 aromatic rings. The van der Waals surface area contributed by atoms with Gasteiger partial charge in [-0.05, 0) is 47.4 Å². The molecule has 1 aromatic heterocycles. The van der Waals surface area contributed by atoms with E-state index in [4.69, 9.17) is 0 Å². The highest BCUT2D eigenvalue weighted by Gasteiger charge is 2.24. The highest BCUT2D eigenvalue weighted by Crippen LogP contribution is 2.16. The molecule has 0 fully saturated rings. The van der Waals surface area contributed by atoms with Crippen LogP contribution >= 0.6 is 0 Å². The molecule has 1 heterocycles. The molecule has 2 rings (SSSR count). The number of halogens is 1. The molecule has 25 heavy (non-hydrogen) atoms. The van der Waals surface area contributed by atoms with E-state index >= 15 is 0 Å². The Balaban J connectivity index is 2.09. The number of tetrazole rings is 1. The van der Waals surface area contributed by atoms with Gasteiger partial charge in [-0.1, -0.05) is 26.0 Å². The summed E-state index contributed by atoms with van der Waals surface area (Å²) in [5.41, 5.74) is 0.678. The molecule has 0 bridgehead atoms. The van der Waals surface area contributed by atoms with Gasteiger partial charge in [0.25, 0.3) is 0 Å². The Labute approximate surface area is 146 Å². The number of aliphatic hydroxyl groups is 1. The summed E-state index contributed by atoms with van der Waals surface area (Å²) in [6.45, 7) is 5.89. The molecule has 7 nitrogen and oxygen atoms in total. The second-order valence-corrected chi connectivity index (χ2v) is 6.41. The highest BCUT2D eigenvalue weighted by atomic mass is 19.1. The second-order valence-electron chi connectivity index (χ2n) is 6.41. The zero-order chi connectivity index (χ0) is 18.4. The van der Waals surface area contributed by atoms with E-state index in [2.05, 4.69) is 20.8 Å². The molecule has 0 spiro atoms. The summed E-state index contributed by atoms with van der Waals surface area (Å²) in [6.07, 6.45) is 0.254. The smallest absolute Gasteiger partial charge is 0.245 e. The molecule has 0 aliphatic carbocycles. The predicted octanol–water partition coefficient (Wildman–Crippen LogP) is 1.43. The average Bonchev–Trinajstić information content (AvgIpc) is 2.98. The molecule has 8 heteroatoms. The SMILES string of the molecule is Cc1nnnn1C(Cc1cccc(F)c1)C(=O)NCCC(O)C(C)C. The van der Waals surface area contributed by atoms with Crippen molar-refractivity contribution in [2.45, 2.75) is 45.8 Å². The zero-order valence-electron chi connectivity index (χ0n) is 14.7. The molecule has 2 N–H and O–H groups in total. The van der Waals surface area contributed by atoms with E-state index in [-0.39, 0.29) is 24.1 Å². The van der Waals surface area contributed by atoms with E-state index in [1.165, 1.54) is 16.8 Å². The van der Waals surface area contributed by atoms with E-state index in [0.29, 0.717) is 24.4 Å². The van der Waals surface area contributed by atoms with Gasteiger partial charge >= 0.3 is 0 Å². The maximum absolute atomic E-state index is 13.4.